The number of rotatable bonds is 4. The lowest BCUT2D eigenvalue weighted by molar-refractivity contribution is -0.122. The molecule has 0 saturated carbocycles. The lowest BCUT2D eigenvalue weighted by Gasteiger charge is -2.22. The van der Waals surface area contributed by atoms with Crippen molar-refractivity contribution >= 4 is 49.1 Å². The van der Waals surface area contributed by atoms with E-state index in [-0.39, 0.29) is 16.8 Å². The largest absolute Gasteiger partial charge is 0.452 e. The summed E-state index contributed by atoms with van der Waals surface area (Å²) in [4.78, 5) is 27.8. The number of sulfonamides is 1. The van der Waals surface area contributed by atoms with Crippen LogP contribution in [0.25, 0.3) is 21.5 Å². The summed E-state index contributed by atoms with van der Waals surface area (Å²) in [5.41, 5.74) is 1.73. The van der Waals surface area contributed by atoms with Crippen molar-refractivity contribution in [2.24, 2.45) is 5.14 Å². The zero-order valence-corrected chi connectivity index (χ0v) is 19.2. The second-order valence-electron chi connectivity index (χ2n) is 8.42. The molecule has 1 atom stereocenters. The molecule has 8 heteroatoms. The van der Waals surface area contributed by atoms with Crippen LogP contribution in [0.1, 0.15) is 22.8 Å². The third kappa shape index (κ3) is 3.81. The Morgan fingerprint density at radius 2 is 1.59 bits per heavy atom. The summed E-state index contributed by atoms with van der Waals surface area (Å²) in [5, 5.41) is 8.57. The van der Waals surface area contributed by atoms with E-state index in [1.807, 2.05) is 61.5 Å². The van der Waals surface area contributed by atoms with E-state index in [1.165, 1.54) is 17.0 Å². The number of amides is 1. The van der Waals surface area contributed by atoms with Gasteiger partial charge in [0.25, 0.3) is 5.91 Å². The standard InChI is InChI=1S/C26H22N2O5S/c1-16-12-19-14-20(34(27,31)32)10-11-23(19)28(16)24(29)15-33-26(30)25-21-8-4-2-6-17(21)13-18-7-3-5-9-22(18)25/h2-11,13-14,16H,12,15H2,1H3,(H2,27,31,32). The molecule has 1 amide bonds. The van der Waals surface area contributed by atoms with E-state index in [0.717, 1.165) is 21.5 Å². The first-order chi connectivity index (χ1) is 16.2. The van der Waals surface area contributed by atoms with Gasteiger partial charge in [-0.3, -0.25) is 4.79 Å². The molecule has 172 valence electrons. The Morgan fingerprint density at radius 1 is 0.971 bits per heavy atom. The molecular weight excluding hydrogens is 452 g/mol. The quantitative estimate of drug-likeness (QED) is 0.358. The lowest BCUT2D eigenvalue weighted by atomic mass is 9.97. The minimum Gasteiger partial charge on any atom is -0.452 e. The number of anilines is 1. The molecule has 2 N–H and O–H groups in total. The number of nitrogens with zero attached hydrogens (tertiary/aromatic N) is 1. The SMILES string of the molecule is CC1Cc2cc(S(N)(=O)=O)ccc2N1C(=O)COC(=O)c1c2ccccc2cc2ccccc12. The summed E-state index contributed by atoms with van der Waals surface area (Å²) in [5.74, 6) is -0.953. The fourth-order valence-electron chi connectivity index (χ4n) is 4.67. The lowest BCUT2D eigenvalue weighted by Crippen LogP contribution is -2.38. The van der Waals surface area contributed by atoms with Crippen LogP contribution in [0, 0.1) is 0 Å². The van der Waals surface area contributed by atoms with E-state index >= 15 is 0 Å². The highest BCUT2D eigenvalue weighted by Crippen LogP contribution is 2.34. The minimum atomic E-state index is -3.84. The number of esters is 1. The molecule has 0 aromatic heterocycles. The second-order valence-corrected chi connectivity index (χ2v) is 9.98. The number of nitrogens with two attached hydrogens (primary N) is 1. The van der Waals surface area contributed by atoms with Crippen molar-refractivity contribution in [2.75, 3.05) is 11.5 Å². The summed E-state index contributed by atoms with van der Waals surface area (Å²) >= 11 is 0. The minimum absolute atomic E-state index is 0.00186. The van der Waals surface area contributed by atoms with Gasteiger partial charge in [0.1, 0.15) is 0 Å². The van der Waals surface area contributed by atoms with Crippen molar-refractivity contribution < 1.29 is 22.7 Å². The number of ether oxygens (including phenoxy) is 1. The Bertz CT molecular complexity index is 1530. The van der Waals surface area contributed by atoms with E-state index in [1.54, 1.807) is 6.07 Å². The molecule has 34 heavy (non-hydrogen) atoms. The Labute approximate surface area is 196 Å². The van der Waals surface area contributed by atoms with Crippen LogP contribution in [0.3, 0.4) is 0 Å². The Hall–Kier alpha value is -3.75. The Balaban J connectivity index is 1.42. The van der Waals surface area contributed by atoms with Gasteiger partial charge in [-0.1, -0.05) is 48.5 Å². The van der Waals surface area contributed by atoms with E-state index in [4.69, 9.17) is 9.88 Å². The molecule has 0 spiro atoms. The first-order valence-corrected chi connectivity index (χ1v) is 12.3. The third-order valence-corrected chi connectivity index (χ3v) is 7.08. The zero-order valence-electron chi connectivity index (χ0n) is 18.4. The number of hydrogen-bond donors (Lipinski definition) is 1. The number of fused-ring (bicyclic) bond motifs is 3. The topological polar surface area (TPSA) is 107 Å². The van der Waals surface area contributed by atoms with Crippen molar-refractivity contribution in [3.05, 3.63) is 83.9 Å². The molecule has 0 fully saturated rings. The predicted molar refractivity (Wildman–Crippen MR) is 130 cm³/mol. The monoisotopic (exact) mass is 474 g/mol. The summed E-state index contributed by atoms with van der Waals surface area (Å²) in [6, 6.07) is 21.4. The van der Waals surface area contributed by atoms with E-state index in [2.05, 4.69) is 0 Å². The van der Waals surface area contributed by atoms with Crippen molar-refractivity contribution in [2.45, 2.75) is 24.3 Å². The summed E-state index contributed by atoms with van der Waals surface area (Å²) in [6.45, 7) is 1.42. The van der Waals surface area contributed by atoms with Crippen LogP contribution >= 0.6 is 0 Å². The molecule has 1 heterocycles. The Kier molecular flexibility index (Phi) is 5.34. The average Bonchev–Trinajstić information content (AvgIpc) is 3.15. The number of primary sulfonamides is 1. The summed E-state index contributed by atoms with van der Waals surface area (Å²) in [7, 11) is -3.84. The summed E-state index contributed by atoms with van der Waals surface area (Å²) in [6.07, 6.45) is 0.479. The maximum absolute atomic E-state index is 13.2. The molecular formula is C26H22N2O5S. The molecule has 0 radical (unpaired) electrons. The molecule has 1 unspecified atom stereocenters. The van der Waals surface area contributed by atoms with Crippen LogP contribution in [-0.2, 0) is 26.0 Å². The molecule has 4 aromatic rings. The third-order valence-electron chi connectivity index (χ3n) is 6.17. The number of carbonyl (C=O) groups is 2. The highest BCUT2D eigenvalue weighted by Gasteiger charge is 2.32. The van der Waals surface area contributed by atoms with E-state index in [9.17, 15) is 18.0 Å². The van der Waals surface area contributed by atoms with E-state index in [0.29, 0.717) is 23.2 Å². The van der Waals surface area contributed by atoms with Gasteiger partial charge in [-0.05, 0) is 64.7 Å². The van der Waals surface area contributed by atoms with Crippen LogP contribution in [0.15, 0.2) is 77.7 Å². The van der Waals surface area contributed by atoms with Crippen LogP contribution in [0.5, 0.6) is 0 Å². The van der Waals surface area contributed by atoms with Gasteiger partial charge in [0.05, 0.1) is 10.5 Å². The number of hydrogen-bond acceptors (Lipinski definition) is 5. The molecule has 0 bridgehead atoms. The van der Waals surface area contributed by atoms with Crippen LogP contribution in [0.2, 0.25) is 0 Å². The fourth-order valence-corrected chi connectivity index (χ4v) is 5.23. The van der Waals surface area contributed by atoms with Gasteiger partial charge in [-0.15, -0.1) is 0 Å². The predicted octanol–water partition coefficient (Wildman–Crippen LogP) is 3.78. The van der Waals surface area contributed by atoms with Gasteiger partial charge in [0, 0.05) is 11.7 Å². The van der Waals surface area contributed by atoms with Gasteiger partial charge in [-0.2, -0.15) is 0 Å². The highest BCUT2D eigenvalue weighted by atomic mass is 32.2. The maximum atomic E-state index is 13.2. The molecule has 1 aliphatic heterocycles. The Morgan fingerprint density at radius 3 is 2.21 bits per heavy atom. The van der Waals surface area contributed by atoms with Gasteiger partial charge < -0.3 is 9.64 Å². The molecule has 0 aliphatic carbocycles. The first-order valence-electron chi connectivity index (χ1n) is 10.8. The van der Waals surface area contributed by atoms with Crippen molar-refractivity contribution in [1.82, 2.24) is 0 Å². The normalized spacial score (nSPS) is 15.5. The molecule has 5 rings (SSSR count). The zero-order chi connectivity index (χ0) is 24.0. The van der Waals surface area contributed by atoms with E-state index < -0.39 is 22.6 Å². The van der Waals surface area contributed by atoms with Crippen molar-refractivity contribution in [3.63, 3.8) is 0 Å². The summed E-state index contributed by atoms with van der Waals surface area (Å²) < 4.78 is 28.8. The maximum Gasteiger partial charge on any atom is 0.339 e. The average molecular weight is 475 g/mol. The molecule has 7 nitrogen and oxygen atoms in total. The fraction of sp³-hybridized carbons (Fsp3) is 0.154. The molecule has 0 saturated heterocycles. The molecule has 4 aromatic carbocycles. The highest BCUT2D eigenvalue weighted by molar-refractivity contribution is 7.89. The van der Waals surface area contributed by atoms with Crippen LogP contribution < -0.4 is 10.0 Å². The van der Waals surface area contributed by atoms with Gasteiger partial charge >= 0.3 is 5.97 Å². The number of benzene rings is 4. The second kappa shape index (κ2) is 8.23. The van der Waals surface area contributed by atoms with Gasteiger partial charge in [-0.25, -0.2) is 18.4 Å². The van der Waals surface area contributed by atoms with Gasteiger partial charge in [0.15, 0.2) is 6.61 Å². The first kappa shape index (κ1) is 22.1. The van der Waals surface area contributed by atoms with Crippen LogP contribution in [0.4, 0.5) is 5.69 Å². The van der Waals surface area contributed by atoms with Gasteiger partial charge in [0.2, 0.25) is 10.0 Å². The van der Waals surface area contributed by atoms with Crippen LogP contribution in [-0.4, -0.2) is 32.9 Å². The van der Waals surface area contributed by atoms with Crippen molar-refractivity contribution in [1.29, 1.82) is 0 Å². The number of carbonyl (C=O) groups excluding carboxylic acids is 2. The van der Waals surface area contributed by atoms with Crippen molar-refractivity contribution in [3.8, 4) is 0 Å². The smallest absolute Gasteiger partial charge is 0.339 e. The molecule has 1 aliphatic rings.